The van der Waals surface area contributed by atoms with Gasteiger partial charge in [-0.05, 0) is 64.2 Å². The molecule has 284 valence electrons. The van der Waals surface area contributed by atoms with E-state index in [9.17, 15) is 14.3 Å². The maximum Gasteiger partial charge on any atom is 0.472 e. The van der Waals surface area contributed by atoms with Gasteiger partial charge in [0.15, 0.2) is 0 Å². The third-order valence-corrected chi connectivity index (χ3v) is 9.33. The second-order valence-electron chi connectivity index (χ2n) is 13.1. The number of allylic oxidation sites excluding steroid dienone is 4. The van der Waals surface area contributed by atoms with Crippen LogP contribution in [0.15, 0.2) is 24.3 Å². The summed E-state index contributed by atoms with van der Waals surface area (Å²) >= 11 is 0. The van der Waals surface area contributed by atoms with Crippen LogP contribution in [0, 0.1) is 0 Å². The summed E-state index contributed by atoms with van der Waals surface area (Å²) in [6, 6.07) is 0. The van der Waals surface area contributed by atoms with Gasteiger partial charge in [-0.25, -0.2) is 4.57 Å². The first-order valence-corrected chi connectivity index (χ1v) is 21.3. The van der Waals surface area contributed by atoms with Crippen LogP contribution in [-0.4, -0.2) is 49.9 Å². The molecule has 0 aromatic carbocycles. The van der Waals surface area contributed by atoms with E-state index < -0.39 is 13.9 Å². The molecule has 0 amide bonds. The molecule has 48 heavy (non-hydrogen) atoms. The summed E-state index contributed by atoms with van der Waals surface area (Å²) in [6.45, 7) is 4.88. The molecule has 0 saturated carbocycles. The smallest absolute Gasteiger partial charge is 0.457 e. The molecule has 0 aliphatic rings. The Morgan fingerprint density at radius 2 is 1.04 bits per heavy atom. The molecule has 2 atom stereocenters. The first kappa shape index (κ1) is 47.0. The van der Waals surface area contributed by atoms with Gasteiger partial charge in [-0.3, -0.25) is 13.8 Å². The van der Waals surface area contributed by atoms with Crippen molar-refractivity contribution in [2.45, 2.75) is 187 Å². The highest BCUT2D eigenvalue weighted by Gasteiger charge is 2.25. The Kier molecular flexibility index (Phi) is 36.4. The lowest BCUT2D eigenvalue weighted by Crippen LogP contribution is -2.28. The topological polar surface area (TPSA) is 117 Å². The summed E-state index contributed by atoms with van der Waals surface area (Å²) in [7, 11) is -4.27. The molecule has 0 aromatic rings. The highest BCUT2D eigenvalue weighted by atomic mass is 31.2. The zero-order valence-electron chi connectivity index (χ0n) is 31.2. The van der Waals surface area contributed by atoms with E-state index in [0.717, 1.165) is 44.9 Å². The maximum atomic E-state index is 12.5. The highest BCUT2D eigenvalue weighted by Crippen LogP contribution is 2.43. The van der Waals surface area contributed by atoms with Gasteiger partial charge in [0.1, 0.15) is 6.10 Å². The van der Waals surface area contributed by atoms with Crippen molar-refractivity contribution in [1.29, 1.82) is 0 Å². The van der Waals surface area contributed by atoms with Crippen LogP contribution in [-0.2, 0) is 27.9 Å². The predicted molar refractivity (Wildman–Crippen MR) is 201 cm³/mol. The second kappa shape index (κ2) is 37.2. The molecule has 0 aliphatic carbocycles. The predicted octanol–water partition coefficient (Wildman–Crippen LogP) is 11.3. The fourth-order valence-corrected chi connectivity index (χ4v) is 6.16. The Labute approximate surface area is 296 Å². The summed E-state index contributed by atoms with van der Waals surface area (Å²) in [6.07, 6.45) is 39.0. The number of rotatable bonds is 38. The normalized spacial score (nSPS) is 13.8. The molecule has 0 fully saturated rings. The number of carbonyl (C=O) groups is 1. The van der Waals surface area contributed by atoms with Crippen molar-refractivity contribution < 1.29 is 32.8 Å². The Bertz CT molecular complexity index is 792. The number of phosphoric ester groups is 1. The van der Waals surface area contributed by atoms with Crippen molar-refractivity contribution in [1.82, 2.24) is 0 Å². The van der Waals surface area contributed by atoms with Gasteiger partial charge in [-0.1, -0.05) is 134 Å². The van der Waals surface area contributed by atoms with Gasteiger partial charge in [0, 0.05) is 19.6 Å². The number of hydrogen-bond donors (Lipinski definition) is 2. The van der Waals surface area contributed by atoms with Crippen molar-refractivity contribution in [3.63, 3.8) is 0 Å². The lowest BCUT2D eigenvalue weighted by molar-refractivity contribution is -0.154. The molecule has 8 nitrogen and oxygen atoms in total. The van der Waals surface area contributed by atoms with Gasteiger partial charge in [-0.2, -0.15) is 0 Å². The quantitative estimate of drug-likeness (QED) is 0.0283. The van der Waals surface area contributed by atoms with Crippen LogP contribution in [0.1, 0.15) is 181 Å². The average Bonchev–Trinajstić information content (AvgIpc) is 3.07. The largest absolute Gasteiger partial charge is 0.472 e. The van der Waals surface area contributed by atoms with Crippen LogP contribution in [0.2, 0.25) is 0 Å². The van der Waals surface area contributed by atoms with Crippen molar-refractivity contribution in [2.24, 2.45) is 5.73 Å². The highest BCUT2D eigenvalue weighted by molar-refractivity contribution is 7.47. The zero-order valence-corrected chi connectivity index (χ0v) is 32.1. The molecule has 0 rings (SSSR count). The molecule has 0 bridgehead atoms. The van der Waals surface area contributed by atoms with Crippen molar-refractivity contribution in [3.05, 3.63) is 24.3 Å². The summed E-state index contributed by atoms with van der Waals surface area (Å²) in [5.41, 5.74) is 5.35. The Balaban J connectivity index is 4.08. The second-order valence-corrected chi connectivity index (χ2v) is 14.6. The summed E-state index contributed by atoms with van der Waals surface area (Å²) < 4.78 is 33.3. The molecule has 9 heteroatoms. The van der Waals surface area contributed by atoms with Crippen LogP contribution in [0.4, 0.5) is 0 Å². The summed E-state index contributed by atoms with van der Waals surface area (Å²) in [4.78, 5) is 22.4. The molecule has 0 radical (unpaired) electrons. The Morgan fingerprint density at radius 3 is 1.54 bits per heavy atom. The minimum atomic E-state index is -4.27. The van der Waals surface area contributed by atoms with E-state index >= 15 is 0 Å². The third kappa shape index (κ3) is 36.3. The Hall–Kier alpha value is -1.02. The van der Waals surface area contributed by atoms with E-state index in [1.54, 1.807) is 0 Å². The van der Waals surface area contributed by atoms with Crippen molar-refractivity contribution in [3.8, 4) is 0 Å². The molecule has 0 aliphatic heterocycles. The van der Waals surface area contributed by atoms with Crippen LogP contribution in [0.5, 0.6) is 0 Å². The first-order chi connectivity index (χ1) is 23.4. The van der Waals surface area contributed by atoms with Crippen LogP contribution < -0.4 is 5.73 Å². The number of carbonyl (C=O) groups excluding carboxylic acids is 1. The van der Waals surface area contributed by atoms with Gasteiger partial charge < -0.3 is 20.1 Å². The van der Waals surface area contributed by atoms with E-state index in [2.05, 4.69) is 38.2 Å². The monoisotopic (exact) mass is 702 g/mol. The van der Waals surface area contributed by atoms with Crippen LogP contribution in [0.3, 0.4) is 0 Å². The van der Waals surface area contributed by atoms with E-state index in [4.69, 9.17) is 24.3 Å². The fourth-order valence-electron chi connectivity index (χ4n) is 5.40. The molecular formula is C39H76NO7P. The van der Waals surface area contributed by atoms with Crippen molar-refractivity contribution in [2.75, 3.05) is 33.0 Å². The number of phosphoric acid groups is 1. The molecule has 0 spiro atoms. The molecule has 2 unspecified atom stereocenters. The fraction of sp³-hybridized carbons (Fsp3) is 0.872. The van der Waals surface area contributed by atoms with E-state index in [0.29, 0.717) is 13.0 Å². The number of unbranched alkanes of at least 4 members (excludes halogenated alkanes) is 21. The van der Waals surface area contributed by atoms with Gasteiger partial charge in [-0.15, -0.1) is 0 Å². The average molecular weight is 702 g/mol. The van der Waals surface area contributed by atoms with Crippen molar-refractivity contribution >= 4 is 13.8 Å². The van der Waals surface area contributed by atoms with Crippen LogP contribution >= 0.6 is 7.82 Å². The number of ether oxygens (including phenoxy) is 2. The van der Waals surface area contributed by atoms with E-state index in [1.807, 2.05) is 0 Å². The summed E-state index contributed by atoms with van der Waals surface area (Å²) in [5, 5.41) is 0. The van der Waals surface area contributed by atoms with Gasteiger partial charge in [0.2, 0.25) is 0 Å². The minimum absolute atomic E-state index is 0.0972. The standard InChI is InChI=1S/C39H76NO7P/c1-3-5-7-9-11-13-15-17-18-19-21-23-25-27-29-31-34-44-36-38(37-46-48(42,43)45-35-33-40)47-39(41)32-30-28-26-24-22-20-16-14-12-10-8-6-4-2/h14,16-18,38H,3-13,15,19-37,40H2,1-2H3,(H,42,43)/b16-14-,18-17-. The number of nitrogens with two attached hydrogens (primary N) is 1. The molecule has 3 N–H and O–H groups in total. The minimum Gasteiger partial charge on any atom is -0.457 e. The number of hydrogen-bond acceptors (Lipinski definition) is 7. The van der Waals surface area contributed by atoms with E-state index in [-0.39, 0.29) is 32.3 Å². The molecule has 0 heterocycles. The first-order valence-electron chi connectivity index (χ1n) is 19.8. The maximum absolute atomic E-state index is 12.5. The number of esters is 1. The van der Waals surface area contributed by atoms with E-state index in [1.165, 1.54) is 116 Å². The third-order valence-electron chi connectivity index (χ3n) is 8.34. The van der Waals surface area contributed by atoms with Gasteiger partial charge >= 0.3 is 13.8 Å². The zero-order chi connectivity index (χ0) is 35.2. The lowest BCUT2D eigenvalue weighted by Gasteiger charge is -2.20. The van der Waals surface area contributed by atoms with Crippen LogP contribution in [0.25, 0.3) is 0 Å². The van der Waals surface area contributed by atoms with Gasteiger partial charge in [0.05, 0.1) is 19.8 Å². The lowest BCUT2D eigenvalue weighted by atomic mass is 10.1. The molecule has 0 saturated heterocycles. The molecule has 0 aromatic heterocycles. The Morgan fingerprint density at radius 1 is 0.604 bits per heavy atom. The van der Waals surface area contributed by atoms with Gasteiger partial charge in [0.25, 0.3) is 0 Å². The summed E-state index contributed by atoms with van der Waals surface area (Å²) in [5.74, 6) is -0.342. The molecular weight excluding hydrogens is 625 g/mol. The SMILES string of the molecule is CCCCCC/C=C\CCCCCCCC(=O)OC(COCCCCCCCC/C=C\CCCCCCCC)COP(=O)(O)OCCN.